The van der Waals surface area contributed by atoms with Crippen molar-refractivity contribution in [3.8, 4) is 0 Å². The van der Waals surface area contributed by atoms with Crippen molar-refractivity contribution < 1.29 is 8.78 Å². The van der Waals surface area contributed by atoms with E-state index in [1.165, 1.54) is 6.92 Å². The maximum Gasteiger partial charge on any atom is 0.247 e. The third-order valence-corrected chi connectivity index (χ3v) is 1.84. The van der Waals surface area contributed by atoms with E-state index in [4.69, 9.17) is 0 Å². The van der Waals surface area contributed by atoms with Crippen LogP contribution in [0.3, 0.4) is 0 Å². The number of hydrogen-bond donors (Lipinski definition) is 0. The molecule has 0 bridgehead atoms. The summed E-state index contributed by atoms with van der Waals surface area (Å²) in [4.78, 5) is 0. The Labute approximate surface area is 68.0 Å². The van der Waals surface area contributed by atoms with Gasteiger partial charge >= 0.3 is 0 Å². The lowest BCUT2D eigenvalue weighted by Gasteiger charge is -2.13. The molecule has 0 aliphatic rings. The molecule has 0 spiro atoms. The van der Waals surface area contributed by atoms with Crippen LogP contribution in [0.2, 0.25) is 0 Å². The van der Waals surface area contributed by atoms with Crippen LogP contribution in [0.25, 0.3) is 0 Å². The van der Waals surface area contributed by atoms with Gasteiger partial charge in [-0.15, -0.1) is 0 Å². The molecule has 2 heteroatoms. The molecule has 0 nitrogen and oxygen atoms in total. The van der Waals surface area contributed by atoms with Crippen LogP contribution in [0, 0.1) is 5.92 Å². The van der Waals surface area contributed by atoms with E-state index in [9.17, 15) is 8.78 Å². The predicted octanol–water partition coefficient (Wildman–Crippen LogP) is 3.86. The molecule has 0 aliphatic carbocycles. The van der Waals surface area contributed by atoms with Crippen LogP contribution in [0.5, 0.6) is 0 Å². The second-order valence-corrected chi connectivity index (χ2v) is 3.50. The molecule has 0 saturated heterocycles. The molecule has 0 aromatic rings. The number of halogens is 2. The Kier molecular flexibility index (Phi) is 4.62. The topological polar surface area (TPSA) is 0 Å². The van der Waals surface area contributed by atoms with Gasteiger partial charge in [0.15, 0.2) is 0 Å². The lowest BCUT2D eigenvalue weighted by Crippen LogP contribution is -2.13. The van der Waals surface area contributed by atoms with Gasteiger partial charge < -0.3 is 0 Å². The van der Waals surface area contributed by atoms with E-state index in [1.807, 2.05) is 0 Å². The Bertz CT molecular complexity index is 97.7. The van der Waals surface area contributed by atoms with Crippen LogP contribution >= 0.6 is 0 Å². The molecule has 68 valence electrons. The molecule has 0 amide bonds. The Morgan fingerprint density at radius 2 is 1.82 bits per heavy atom. The van der Waals surface area contributed by atoms with E-state index in [2.05, 4.69) is 13.8 Å². The Balaban J connectivity index is 3.38. The number of alkyl halides is 2. The van der Waals surface area contributed by atoms with Crippen LogP contribution in [0.15, 0.2) is 0 Å². The van der Waals surface area contributed by atoms with Crippen molar-refractivity contribution in [3.63, 3.8) is 0 Å². The molecule has 0 fully saturated rings. The summed E-state index contributed by atoms with van der Waals surface area (Å²) >= 11 is 0. The fraction of sp³-hybridized carbons (Fsp3) is 1.00. The van der Waals surface area contributed by atoms with Crippen molar-refractivity contribution in [3.05, 3.63) is 0 Å². The van der Waals surface area contributed by atoms with E-state index in [0.717, 1.165) is 6.42 Å². The van der Waals surface area contributed by atoms with E-state index < -0.39 is 5.92 Å². The fourth-order valence-corrected chi connectivity index (χ4v) is 0.946. The SMILES string of the molecule is CCC(F)(F)CCCC(C)C. The Morgan fingerprint density at radius 3 is 2.18 bits per heavy atom. The van der Waals surface area contributed by atoms with Crippen LogP contribution in [-0.4, -0.2) is 5.92 Å². The minimum absolute atomic E-state index is 0.0227. The van der Waals surface area contributed by atoms with Crippen LogP contribution < -0.4 is 0 Å². The summed E-state index contributed by atoms with van der Waals surface area (Å²) < 4.78 is 25.2. The van der Waals surface area contributed by atoms with Gasteiger partial charge in [-0.25, -0.2) is 8.78 Å². The molecule has 0 heterocycles. The van der Waals surface area contributed by atoms with E-state index in [-0.39, 0.29) is 12.8 Å². The largest absolute Gasteiger partial charge is 0.247 e. The Morgan fingerprint density at radius 1 is 1.27 bits per heavy atom. The second kappa shape index (κ2) is 4.68. The molecular weight excluding hydrogens is 146 g/mol. The first-order chi connectivity index (χ1) is 4.98. The molecule has 0 radical (unpaired) electrons. The van der Waals surface area contributed by atoms with Crippen molar-refractivity contribution in [2.75, 3.05) is 0 Å². The summed E-state index contributed by atoms with van der Waals surface area (Å²) in [7, 11) is 0. The van der Waals surface area contributed by atoms with Crippen molar-refractivity contribution in [1.82, 2.24) is 0 Å². The highest BCUT2D eigenvalue weighted by Crippen LogP contribution is 2.25. The molecular formula is C9H18F2. The summed E-state index contributed by atoms with van der Waals surface area (Å²) in [6.07, 6.45) is 1.60. The molecule has 0 rings (SSSR count). The second-order valence-electron chi connectivity index (χ2n) is 3.50. The maximum absolute atomic E-state index is 12.6. The average molecular weight is 164 g/mol. The van der Waals surface area contributed by atoms with Gasteiger partial charge in [-0.1, -0.05) is 27.2 Å². The van der Waals surface area contributed by atoms with E-state index >= 15 is 0 Å². The standard InChI is InChI=1S/C9H18F2/c1-4-9(10,11)7-5-6-8(2)3/h8H,4-7H2,1-3H3. The van der Waals surface area contributed by atoms with Crippen LogP contribution in [0.4, 0.5) is 8.78 Å². The summed E-state index contributed by atoms with van der Waals surface area (Å²) in [6, 6.07) is 0. The molecule has 11 heavy (non-hydrogen) atoms. The summed E-state index contributed by atoms with van der Waals surface area (Å²) in [5.41, 5.74) is 0. The predicted molar refractivity (Wildman–Crippen MR) is 43.9 cm³/mol. The summed E-state index contributed by atoms with van der Waals surface area (Å²) in [6.45, 7) is 5.66. The third-order valence-electron chi connectivity index (χ3n) is 1.84. The van der Waals surface area contributed by atoms with Gasteiger partial charge in [-0.3, -0.25) is 0 Å². The quantitative estimate of drug-likeness (QED) is 0.578. The first-order valence-corrected chi connectivity index (χ1v) is 4.36. The van der Waals surface area contributed by atoms with Gasteiger partial charge in [0.05, 0.1) is 0 Å². The monoisotopic (exact) mass is 164 g/mol. The number of hydrogen-bond acceptors (Lipinski definition) is 0. The van der Waals surface area contributed by atoms with Gasteiger partial charge in [0.2, 0.25) is 5.92 Å². The zero-order valence-corrected chi connectivity index (χ0v) is 7.66. The highest BCUT2D eigenvalue weighted by Gasteiger charge is 2.24. The number of rotatable bonds is 5. The van der Waals surface area contributed by atoms with Gasteiger partial charge in [-0.05, 0) is 12.3 Å². The zero-order chi connectivity index (χ0) is 8.91. The smallest absolute Gasteiger partial charge is 0.207 e. The van der Waals surface area contributed by atoms with Crippen LogP contribution in [-0.2, 0) is 0 Å². The lowest BCUT2D eigenvalue weighted by atomic mass is 10.0. The first-order valence-electron chi connectivity index (χ1n) is 4.36. The highest BCUT2D eigenvalue weighted by atomic mass is 19.3. The molecule has 0 atom stereocenters. The van der Waals surface area contributed by atoms with E-state index in [0.29, 0.717) is 12.3 Å². The van der Waals surface area contributed by atoms with Gasteiger partial charge in [0.25, 0.3) is 0 Å². The average Bonchev–Trinajstić information content (AvgIpc) is 1.87. The molecule has 0 aromatic heterocycles. The van der Waals surface area contributed by atoms with Crippen LogP contribution in [0.1, 0.15) is 46.5 Å². The minimum atomic E-state index is -2.42. The zero-order valence-electron chi connectivity index (χ0n) is 7.66. The third kappa shape index (κ3) is 6.27. The lowest BCUT2D eigenvalue weighted by molar-refractivity contribution is -0.0142. The van der Waals surface area contributed by atoms with Gasteiger partial charge in [0.1, 0.15) is 0 Å². The Hall–Kier alpha value is -0.140. The van der Waals surface area contributed by atoms with Gasteiger partial charge in [-0.2, -0.15) is 0 Å². The highest BCUT2D eigenvalue weighted by molar-refractivity contribution is 4.63. The normalized spacial score (nSPS) is 12.5. The molecule has 0 aliphatic heterocycles. The van der Waals surface area contributed by atoms with E-state index in [1.54, 1.807) is 0 Å². The summed E-state index contributed by atoms with van der Waals surface area (Å²) in [5, 5.41) is 0. The summed E-state index contributed by atoms with van der Waals surface area (Å²) in [5.74, 6) is -1.88. The van der Waals surface area contributed by atoms with Crippen molar-refractivity contribution in [2.24, 2.45) is 5.92 Å². The molecule has 0 aromatic carbocycles. The molecule has 0 N–H and O–H groups in total. The fourth-order valence-electron chi connectivity index (χ4n) is 0.946. The van der Waals surface area contributed by atoms with Crippen molar-refractivity contribution >= 4 is 0 Å². The molecule has 0 unspecified atom stereocenters. The molecule has 0 saturated carbocycles. The maximum atomic E-state index is 12.6. The van der Waals surface area contributed by atoms with Crippen molar-refractivity contribution in [1.29, 1.82) is 0 Å². The van der Waals surface area contributed by atoms with Crippen molar-refractivity contribution in [2.45, 2.75) is 52.4 Å². The minimum Gasteiger partial charge on any atom is -0.207 e. The van der Waals surface area contributed by atoms with Gasteiger partial charge in [0, 0.05) is 12.8 Å². The first kappa shape index (κ1) is 10.9.